The second kappa shape index (κ2) is 6.37. The van der Waals surface area contributed by atoms with Crippen molar-refractivity contribution in [3.05, 3.63) is 44.3 Å². The normalized spacial score (nSPS) is 10.4. The largest absolute Gasteiger partial charge is 0.496 e. The van der Waals surface area contributed by atoms with Crippen LogP contribution in [0.15, 0.2) is 28.1 Å². The van der Waals surface area contributed by atoms with Gasteiger partial charge in [-0.3, -0.25) is 4.79 Å². The predicted octanol–water partition coefficient (Wildman–Crippen LogP) is 3.49. The highest BCUT2D eigenvalue weighted by atomic mass is 79.9. The van der Waals surface area contributed by atoms with Crippen LogP contribution < -0.4 is 4.74 Å². The quantitative estimate of drug-likeness (QED) is 0.843. The van der Waals surface area contributed by atoms with E-state index in [2.05, 4.69) is 20.9 Å². The lowest BCUT2D eigenvalue weighted by molar-refractivity contribution is 0.0780. The van der Waals surface area contributed by atoms with Crippen LogP contribution >= 0.6 is 27.3 Å². The van der Waals surface area contributed by atoms with Crippen LogP contribution in [0.3, 0.4) is 0 Å². The molecule has 0 N–H and O–H groups in total. The summed E-state index contributed by atoms with van der Waals surface area (Å²) in [6.07, 6.45) is 0. The summed E-state index contributed by atoms with van der Waals surface area (Å²) in [6, 6.07) is 5.37. The smallest absolute Gasteiger partial charge is 0.257 e. The van der Waals surface area contributed by atoms with Crippen molar-refractivity contribution in [2.24, 2.45) is 0 Å². The summed E-state index contributed by atoms with van der Waals surface area (Å²) in [5.74, 6) is 0.477. The molecule has 1 heterocycles. The fraction of sp³-hybridized carbons (Fsp3) is 0.286. The monoisotopic (exact) mass is 354 g/mol. The van der Waals surface area contributed by atoms with Gasteiger partial charge in [0.2, 0.25) is 0 Å². The Kier molecular flexibility index (Phi) is 4.77. The van der Waals surface area contributed by atoms with Gasteiger partial charge in [0.05, 0.1) is 29.9 Å². The van der Waals surface area contributed by atoms with Gasteiger partial charge in [0.15, 0.2) is 0 Å². The molecule has 1 aromatic carbocycles. The Balaban J connectivity index is 2.18. The van der Waals surface area contributed by atoms with E-state index in [1.54, 1.807) is 42.5 Å². The van der Waals surface area contributed by atoms with Crippen LogP contribution in [0, 0.1) is 6.92 Å². The number of aryl methyl sites for hydroxylation is 1. The maximum Gasteiger partial charge on any atom is 0.257 e. The zero-order valence-corrected chi connectivity index (χ0v) is 13.9. The Morgan fingerprint density at radius 3 is 2.85 bits per heavy atom. The average Bonchev–Trinajstić information content (AvgIpc) is 2.83. The zero-order chi connectivity index (χ0) is 14.7. The van der Waals surface area contributed by atoms with Gasteiger partial charge in [-0.2, -0.15) is 0 Å². The first-order chi connectivity index (χ1) is 9.51. The van der Waals surface area contributed by atoms with Gasteiger partial charge >= 0.3 is 0 Å². The van der Waals surface area contributed by atoms with Crippen molar-refractivity contribution in [1.82, 2.24) is 9.88 Å². The maximum atomic E-state index is 12.5. The van der Waals surface area contributed by atoms with E-state index in [4.69, 9.17) is 4.74 Å². The molecule has 0 radical (unpaired) electrons. The second-order valence-electron chi connectivity index (χ2n) is 4.36. The van der Waals surface area contributed by atoms with Gasteiger partial charge < -0.3 is 9.64 Å². The Labute approximate surface area is 130 Å². The number of aromatic nitrogens is 1. The number of thiazole rings is 1. The Bertz CT molecular complexity index is 627. The molecule has 0 fully saturated rings. The lowest BCUT2D eigenvalue weighted by Gasteiger charge is -2.17. The Morgan fingerprint density at radius 1 is 1.50 bits per heavy atom. The first-order valence-corrected chi connectivity index (χ1v) is 7.68. The highest BCUT2D eigenvalue weighted by molar-refractivity contribution is 9.10. The second-order valence-corrected chi connectivity index (χ2v) is 6.34. The molecule has 0 saturated carbocycles. The minimum absolute atomic E-state index is 0.0833. The summed E-state index contributed by atoms with van der Waals surface area (Å²) >= 11 is 4.95. The summed E-state index contributed by atoms with van der Waals surface area (Å²) in [6.45, 7) is 2.44. The third-order valence-corrected chi connectivity index (χ3v) is 4.12. The van der Waals surface area contributed by atoms with E-state index >= 15 is 0 Å². The first-order valence-electron chi connectivity index (χ1n) is 6.01. The van der Waals surface area contributed by atoms with E-state index in [0.717, 1.165) is 15.2 Å². The minimum atomic E-state index is -0.0833. The number of amides is 1. The summed E-state index contributed by atoms with van der Waals surface area (Å²) in [5, 5.41) is 2.97. The number of hydrogen-bond donors (Lipinski definition) is 0. The molecule has 1 amide bonds. The summed E-state index contributed by atoms with van der Waals surface area (Å²) < 4.78 is 6.14. The van der Waals surface area contributed by atoms with Crippen LogP contribution in [0.25, 0.3) is 0 Å². The van der Waals surface area contributed by atoms with Crippen LogP contribution in [0.5, 0.6) is 5.75 Å². The molecule has 0 saturated heterocycles. The molecule has 0 aliphatic carbocycles. The van der Waals surface area contributed by atoms with E-state index < -0.39 is 0 Å². The van der Waals surface area contributed by atoms with Crippen molar-refractivity contribution in [2.75, 3.05) is 14.2 Å². The molecule has 0 unspecified atom stereocenters. The molecular weight excluding hydrogens is 340 g/mol. The number of carbonyl (C=O) groups excluding carboxylic acids is 1. The molecular formula is C14H15BrN2O2S. The SMILES string of the molecule is COc1cc(Br)ccc1C(=O)N(C)Cc1csc(C)n1. The molecule has 1 aromatic heterocycles. The molecule has 106 valence electrons. The summed E-state index contributed by atoms with van der Waals surface area (Å²) in [4.78, 5) is 18.5. The molecule has 0 atom stereocenters. The topological polar surface area (TPSA) is 42.4 Å². The number of ether oxygens (including phenoxy) is 1. The third kappa shape index (κ3) is 3.37. The number of rotatable bonds is 4. The van der Waals surface area contributed by atoms with Crippen molar-refractivity contribution in [1.29, 1.82) is 0 Å². The van der Waals surface area contributed by atoms with Crippen LogP contribution in [-0.4, -0.2) is 29.9 Å². The number of hydrogen-bond acceptors (Lipinski definition) is 4. The van der Waals surface area contributed by atoms with Crippen molar-refractivity contribution >= 4 is 33.2 Å². The molecule has 4 nitrogen and oxygen atoms in total. The van der Waals surface area contributed by atoms with E-state index in [9.17, 15) is 4.79 Å². The zero-order valence-electron chi connectivity index (χ0n) is 11.5. The first kappa shape index (κ1) is 15.0. The summed E-state index contributed by atoms with van der Waals surface area (Å²) in [7, 11) is 3.32. The minimum Gasteiger partial charge on any atom is -0.496 e. The van der Waals surface area contributed by atoms with Crippen LogP contribution in [0.4, 0.5) is 0 Å². The highest BCUT2D eigenvalue weighted by Crippen LogP contribution is 2.25. The number of nitrogens with zero attached hydrogens (tertiary/aromatic N) is 2. The molecule has 0 aliphatic heterocycles. The Hall–Kier alpha value is -1.40. The van der Waals surface area contributed by atoms with Gasteiger partial charge in [-0.15, -0.1) is 11.3 Å². The molecule has 2 rings (SSSR count). The number of carbonyl (C=O) groups is 1. The van der Waals surface area contributed by atoms with Crippen LogP contribution in [0.1, 0.15) is 21.1 Å². The third-order valence-electron chi connectivity index (χ3n) is 2.81. The number of halogens is 1. The standard InChI is InChI=1S/C14H15BrN2O2S/c1-9-16-11(8-20-9)7-17(2)14(18)12-5-4-10(15)6-13(12)19-3/h4-6,8H,7H2,1-3H3. The van der Waals surface area contributed by atoms with Gasteiger partial charge in [-0.05, 0) is 25.1 Å². The van der Waals surface area contributed by atoms with E-state index in [-0.39, 0.29) is 5.91 Å². The Morgan fingerprint density at radius 2 is 2.25 bits per heavy atom. The summed E-state index contributed by atoms with van der Waals surface area (Å²) in [5.41, 5.74) is 1.45. The van der Waals surface area contributed by atoms with Crippen molar-refractivity contribution in [3.63, 3.8) is 0 Å². The number of benzene rings is 1. The maximum absolute atomic E-state index is 12.5. The van der Waals surface area contributed by atoms with E-state index in [1.165, 1.54) is 0 Å². The average molecular weight is 355 g/mol. The van der Waals surface area contributed by atoms with Crippen LogP contribution in [-0.2, 0) is 6.54 Å². The van der Waals surface area contributed by atoms with Crippen molar-refractivity contribution < 1.29 is 9.53 Å². The predicted molar refractivity (Wildman–Crippen MR) is 83.3 cm³/mol. The lowest BCUT2D eigenvalue weighted by Crippen LogP contribution is -2.26. The van der Waals surface area contributed by atoms with Gasteiger partial charge in [0.25, 0.3) is 5.91 Å². The molecule has 6 heteroatoms. The fourth-order valence-corrected chi connectivity index (χ4v) is 2.79. The van der Waals surface area contributed by atoms with Crippen LogP contribution in [0.2, 0.25) is 0 Å². The molecule has 0 aliphatic rings. The molecule has 0 bridgehead atoms. The van der Waals surface area contributed by atoms with E-state index in [1.807, 2.05) is 18.4 Å². The number of methoxy groups -OCH3 is 1. The van der Waals surface area contributed by atoms with Crippen molar-refractivity contribution in [2.45, 2.75) is 13.5 Å². The fourth-order valence-electron chi connectivity index (χ4n) is 1.84. The lowest BCUT2D eigenvalue weighted by atomic mass is 10.1. The van der Waals surface area contributed by atoms with Crippen molar-refractivity contribution in [3.8, 4) is 5.75 Å². The van der Waals surface area contributed by atoms with Gasteiger partial charge in [-0.1, -0.05) is 15.9 Å². The van der Waals surface area contributed by atoms with Gasteiger partial charge in [0.1, 0.15) is 5.75 Å². The molecule has 20 heavy (non-hydrogen) atoms. The van der Waals surface area contributed by atoms with Gasteiger partial charge in [-0.25, -0.2) is 4.98 Å². The van der Waals surface area contributed by atoms with Gasteiger partial charge in [0, 0.05) is 16.9 Å². The highest BCUT2D eigenvalue weighted by Gasteiger charge is 2.17. The van der Waals surface area contributed by atoms with E-state index in [0.29, 0.717) is 17.9 Å². The molecule has 2 aromatic rings. The molecule has 0 spiro atoms.